The van der Waals surface area contributed by atoms with Gasteiger partial charge < -0.3 is 15.2 Å². The normalized spacial score (nSPS) is 14.4. The number of benzene rings is 1. The molecular formula is C16H28N2O2. The maximum Gasteiger partial charge on any atom is 0.0797 e. The molecule has 4 nitrogen and oxygen atoms in total. The van der Waals surface area contributed by atoms with E-state index in [1.54, 1.807) is 7.11 Å². The number of nitrogens with one attached hydrogen (secondary N) is 1. The van der Waals surface area contributed by atoms with E-state index in [-0.39, 0.29) is 6.61 Å². The van der Waals surface area contributed by atoms with E-state index in [4.69, 9.17) is 4.74 Å². The van der Waals surface area contributed by atoms with Gasteiger partial charge in [-0.25, -0.2) is 0 Å². The molecule has 4 heteroatoms. The van der Waals surface area contributed by atoms with Crippen LogP contribution in [0.1, 0.15) is 19.4 Å². The average molecular weight is 280 g/mol. The minimum atomic E-state index is -0.417. The van der Waals surface area contributed by atoms with Crippen LogP contribution < -0.4 is 5.32 Å². The molecule has 0 amide bonds. The van der Waals surface area contributed by atoms with E-state index in [1.807, 2.05) is 18.2 Å². The van der Waals surface area contributed by atoms with Crippen molar-refractivity contribution >= 4 is 0 Å². The molecule has 2 N–H and O–H groups in total. The zero-order valence-electron chi connectivity index (χ0n) is 12.9. The van der Waals surface area contributed by atoms with Gasteiger partial charge >= 0.3 is 0 Å². The Bertz CT molecular complexity index is 359. The summed E-state index contributed by atoms with van der Waals surface area (Å²) in [4.78, 5) is 2.30. The van der Waals surface area contributed by atoms with Crippen LogP contribution in [0.15, 0.2) is 30.3 Å². The summed E-state index contributed by atoms with van der Waals surface area (Å²) in [5, 5.41) is 13.5. The van der Waals surface area contributed by atoms with Gasteiger partial charge in [-0.05, 0) is 18.7 Å². The third-order valence-electron chi connectivity index (χ3n) is 3.66. The molecular weight excluding hydrogens is 252 g/mol. The van der Waals surface area contributed by atoms with Crippen molar-refractivity contribution in [3.8, 4) is 0 Å². The predicted molar refractivity (Wildman–Crippen MR) is 82.9 cm³/mol. The van der Waals surface area contributed by atoms with Gasteiger partial charge in [-0.15, -0.1) is 0 Å². The lowest BCUT2D eigenvalue weighted by molar-refractivity contribution is 0.0889. The first-order valence-corrected chi connectivity index (χ1v) is 7.35. The van der Waals surface area contributed by atoms with Crippen molar-refractivity contribution in [2.75, 3.05) is 46.5 Å². The van der Waals surface area contributed by atoms with E-state index in [2.05, 4.69) is 36.2 Å². The van der Waals surface area contributed by atoms with E-state index in [0.29, 0.717) is 6.61 Å². The summed E-state index contributed by atoms with van der Waals surface area (Å²) in [7, 11) is 1.72. The molecule has 20 heavy (non-hydrogen) atoms. The molecule has 114 valence electrons. The van der Waals surface area contributed by atoms with E-state index in [1.165, 1.54) is 0 Å². The van der Waals surface area contributed by atoms with Crippen molar-refractivity contribution < 1.29 is 9.84 Å². The summed E-state index contributed by atoms with van der Waals surface area (Å²) >= 11 is 0. The van der Waals surface area contributed by atoms with Gasteiger partial charge in [-0.1, -0.05) is 44.2 Å². The third-order valence-corrected chi connectivity index (χ3v) is 3.66. The van der Waals surface area contributed by atoms with Crippen molar-refractivity contribution in [1.82, 2.24) is 10.2 Å². The van der Waals surface area contributed by atoms with Gasteiger partial charge in [0, 0.05) is 20.2 Å². The topological polar surface area (TPSA) is 44.7 Å². The van der Waals surface area contributed by atoms with E-state index in [9.17, 15) is 5.11 Å². The highest BCUT2D eigenvalue weighted by Crippen LogP contribution is 2.22. The molecule has 0 fully saturated rings. The van der Waals surface area contributed by atoms with Gasteiger partial charge in [-0.2, -0.15) is 0 Å². The number of methoxy groups -OCH3 is 1. The SMILES string of the molecule is CCNC(CO)(CN(CC)CCOC)c1ccccc1. The van der Waals surface area contributed by atoms with Crippen LogP contribution in [0, 0.1) is 0 Å². The van der Waals surface area contributed by atoms with Crippen LogP contribution in [0.2, 0.25) is 0 Å². The second-order valence-corrected chi connectivity index (χ2v) is 5.00. The Kier molecular flexibility index (Phi) is 7.77. The largest absolute Gasteiger partial charge is 0.394 e. The standard InChI is InChI=1S/C16H28N2O2/c1-4-17-16(14-19,15-9-7-6-8-10-15)13-18(5-2)11-12-20-3/h6-10,17,19H,4-5,11-14H2,1-3H3. The molecule has 0 spiro atoms. The molecule has 1 unspecified atom stereocenters. The number of ether oxygens (including phenoxy) is 1. The number of nitrogens with zero attached hydrogens (tertiary/aromatic N) is 1. The first kappa shape index (κ1) is 17.1. The molecule has 0 aromatic heterocycles. The third kappa shape index (κ3) is 4.56. The number of likely N-dealkylation sites (N-methyl/N-ethyl adjacent to an activating group) is 2. The van der Waals surface area contributed by atoms with Gasteiger partial charge in [0.2, 0.25) is 0 Å². The molecule has 0 bridgehead atoms. The monoisotopic (exact) mass is 280 g/mol. The smallest absolute Gasteiger partial charge is 0.0797 e. The van der Waals surface area contributed by atoms with Gasteiger partial charge in [0.1, 0.15) is 0 Å². The fraction of sp³-hybridized carbons (Fsp3) is 0.625. The van der Waals surface area contributed by atoms with Crippen LogP contribution in [-0.4, -0.2) is 56.5 Å². The Balaban J connectivity index is 2.92. The van der Waals surface area contributed by atoms with Crippen LogP contribution in [0.5, 0.6) is 0 Å². The number of aliphatic hydroxyl groups excluding tert-OH is 1. The van der Waals surface area contributed by atoms with Gasteiger partial charge in [-0.3, -0.25) is 4.90 Å². The minimum absolute atomic E-state index is 0.0777. The number of aliphatic hydroxyl groups is 1. The highest BCUT2D eigenvalue weighted by molar-refractivity contribution is 5.25. The van der Waals surface area contributed by atoms with Gasteiger partial charge in [0.25, 0.3) is 0 Å². The Labute approximate surface area is 122 Å². The van der Waals surface area contributed by atoms with Crippen molar-refractivity contribution in [1.29, 1.82) is 0 Å². The maximum absolute atomic E-state index is 10.0. The second-order valence-electron chi connectivity index (χ2n) is 5.00. The lowest BCUT2D eigenvalue weighted by Gasteiger charge is -2.38. The summed E-state index contributed by atoms with van der Waals surface area (Å²) in [5.74, 6) is 0. The number of rotatable bonds is 10. The Morgan fingerprint density at radius 3 is 2.45 bits per heavy atom. The van der Waals surface area contributed by atoms with Crippen molar-refractivity contribution in [3.05, 3.63) is 35.9 Å². The summed E-state index contributed by atoms with van der Waals surface area (Å²) in [5.41, 5.74) is 0.708. The quantitative estimate of drug-likeness (QED) is 0.681. The second kappa shape index (κ2) is 9.08. The Hall–Kier alpha value is -0.940. The molecule has 0 saturated heterocycles. The van der Waals surface area contributed by atoms with Crippen molar-refractivity contribution in [2.45, 2.75) is 19.4 Å². The van der Waals surface area contributed by atoms with Crippen LogP contribution in [0.4, 0.5) is 0 Å². The summed E-state index contributed by atoms with van der Waals surface area (Å²) < 4.78 is 5.16. The summed E-state index contributed by atoms with van der Waals surface area (Å²) in [6.45, 7) is 8.37. The number of hydrogen-bond acceptors (Lipinski definition) is 4. The molecule has 0 aliphatic carbocycles. The minimum Gasteiger partial charge on any atom is -0.394 e. The van der Waals surface area contributed by atoms with E-state index >= 15 is 0 Å². The van der Waals surface area contributed by atoms with Gasteiger partial charge in [0.05, 0.1) is 18.8 Å². The molecule has 0 aliphatic heterocycles. The van der Waals surface area contributed by atoms with E-state index in [0.717, 1.165) is 31.7 Å². The van der Waals surface area contributed by atoms with Crippen molar-refractivity contribution in [2.24, 2.45) is 0 Å². The highest BCUT2D eigenvalue weighted by atomic mass is 16.5. The highest BCUT2D eigenvalue weighted by Gasteiger charge is 2.32. The molecule has 0 radical (unpaired) electrons. The first-order valence-electron chi connectivity index (χ1n) is 7.35. The molecule has 1 aromatic carbocycles. The van der Waals surface area contributed by atoms with Crippen molar-refractivity contribution in [3.63, 3.8) is 0 Å². The molecule has 1 atom stereocenters. The summed E-state index contributed by atoms with van der Waals surface area (Å²) in [6, 6.07) is 10.2. The van der Waals surface area contributed by atoms with E-state index < -0.39 is 5.54 Å². The lowest BCUT2D eigenvalue weighted by atomic mass is 9.89. The lowest BCUT2D eigenvalue weighted by Crippen LogP contribution is -2.54. The fourth-order valence-electron chi connectivity index (χ4n) is 2.49. The van der Waals surface area contributed by atoms with Crippen LogP contribution in [0.25, 0.3) is 0 Å². The van der Waals surface area contributed by atoms with Crippen LogP contribution in [0.3, 0.4) is 0 Å². The van der Waals surface area contributed by atoms with Crippen LogP contribution in [-0.2, 0) is 10.3 Å². The predicted octanol–water partition coefficient (Wildman–Crippen LogP) is 1.45. The Morgan fingerprint density at radius 1 is 1.25 bits per heavy atom. The number of hydrogen-bond donors (Lipinski definition) is 2. The first-order chi connectivity index (χ1) is 9.72. The maximum atomic E-state index is 10.0. The molecule has 0 aliphatic rings. The molecule has 1 aromatic rings. The Morgan fingerprint density at radius 2 is 1.95 bits per heavy atom. The summed E-state index contributed by atoms with van der Waals surface area (Å²) in [6.07, 6.45) is 0. The molecule has 0 saturated carbocycles. The van der Waals surface area contributed by atoms with Crippen LogP contribution >= 0.6 is 0 Å². The van der Waals surface area contributed by atoms with Gasteiger partial charge in [0.15, 0.2) is 0 Å². The fourth-order valence-corrected chi connectivity index (χ4v) is 2.49. The zero-order valence-corrected chi connectivity index (χ0v) is 12.9. The molecule has 0 heterocycles. The molecule has 1 rings (SSSR count). The average Bonchev–Trinajstić information content (AvgIpc) is 2.51. The zero-order chi connectivity index (χ0) is 14.8.